The van der Waals surface area contributed by atoms with Crippen LogP contribution in [0.1, 0.15) is 48.9 Å². The van der Waals surface area contributed by atoms with Crippen LogP contribution in [0.2, 0.25) is 0 Å². The number of likely N-dealkylation sites (N-methyl/N-ethyl adjacent to an activating group) is 1. The van der Waals surface area contributed by atoms with Gasteiger partial charge in [0.2, 0.25) is 11.9 Å². The molecule has 38 heavy (non-hydrogen) atoms. The summed E-state index contributed by atoms with van der Waals surface area (Å²) in [4.78, 5) is 41.3. The molecule has 2 saturated carbocycles. The molecule has 3 fully saturated rings. The van der Waals surface area contributed by atoms with E-state index in [4.69, 9.17) is 4.98 Å². The van der Waals surface area contributed by atoms with Crippen LogP contribution in [-0.2, 0) is 4.79 Å². The van der Waals surface area contributed by atoms with Gasteiger partial charge in [0, 0.05) is 51.4 Å². The number of hydrazine groups is 1. The van der Waals surface area contributed by atoms with E-state index in [1.807, 2.05) is 12.1 Å². The molecule has 0 atom stereocenters. The van der Waals surface area contributed by atoms with Gasteiger partial charge in [-0.1, -0.05) is 12.8 Å². The lowest BCUT2D eigenvalue weighted by Gasteiger charge is -2.32. The van der Waals surface area contributed by atoms with E-state index in [1.54, 1.807) is 24.2 Å². The van der Waals surface area contributed by atoms with E-state index >= 15 is 4.39 Å². The molecule has 2 amide bonds. The number of amides is 2. The van der Waals surface area contributed by atoms with Gasteiger partial charge in [0.1, 0.15) is 11.5 Å². The first-order valence-corrected chi connectivity index (χ1v) is 13.6. The highest BCUT2D eigenvalue weighted by Gasteiger charge is 2.55. The van der Waals surface area contributed by atoms with Gasteiger partial charge in [0.05, 0.1) is 17.3 Å². The zero-order valence-corrected chi connectivity index (χ0v) is 22.0. The molecule has 6 rings (SSSR count). The second kappa shape index (κ2) is 9.77. The van der Waals surface area contributed by atoms with Crippen molar-refractivity contribution in [3.8, 4) is 0 Å². The van der Waals surface area contributed by atoms with Gasteiger partial charge in [0.25, 0.3) is 5.91 Å². The van der Waals surface area contributed by atoms with Gasteiger partial charge in [-0.05, 0) is 50.9 Å². The zero-order chi connectivity index (χ0) is 26.4. The van der Waals surface area contributed by atoms with Crippen molar-refractivity contribution < 1.29 is 14.0 Å². The maximum absolute atomic E-state index is 15.1. The predicted octanol–water partition coefficient (Wildman–Crippen LogP) is 2.76. The predicted molar refractivity (Wildman–Crippen MR) is 143 cm³/mol. The molecule has 2 N–H and O–H groups in total. The molecular weight excluding hydrogens is 487 g/mol. The lowest BCUT2D eigenvalue weighted by Crippen LogP contribution is -2.52. The fraction of sp³-hybridized carbons (Fsp3) is 0.556. The second-order valence-electron chi connectivity index (χ2n) is 11.2. The lowest BCUT2D eigenvalue weighted by molar-refractivity contribution is -0.122. The molecule has 2 aromatic rings. The molecule has 2 aliphatic carbocycles. The number of nitrogens with zero attached hydrogens (tertiary/aromatic N) is 6. The summed E-state index contributed by atoms with van der Waals surface area (Å²) in [6.07, 6.45) is 7.94. The minimum absolute atomic E-state index is 0.125. The number of carbonyl (C=O) groups is 2. The highest BCUT2D eigenvalue weighted by molar-refractivity contribution is 6.02. The van der Waals surface area contributed by atoms with Gasteiger partial charge in [0.15, 0.2) is 5.82 Å². The number of hydrogen-bond acceptors (Lipinski definition) is 8. The van der Waals surface area contributed by atoms with Crippen molar-refractivity contribution in [2.24, 2.45) is 5.41 Å². The molecule has 0 radical (unpaired) electrons. The first kappa shape index (κ1) is 25.0. The van der Waals surface area contributed by atoms with E-state index in [-0.39, 0.29) is 34.4 Å². The maximum atomic E-state index is 15.1. The summed E-state index contributed by atoms with van der Waals surface area (Å²) in [5, 5.41) is 4.85. The summed E-state index contributed by atoms with van der Waals surface area (Å²) >= 11 is 0. The van der Waals surface area contributed by atoms with Crippen LogP contribution < -0.4 is 20.5 Å². The fourth-order valence-corrected chi connectivity index (χ4v) is 5.85. The largest absolute Gasteiger partial charge is 0.351 e. The van der Waals surface area contributed by atoms with Crippen molar-refractivity contribution >= 4 is 35.0 Å². The van der Waals surface area contributed by atoms with Gasteiger partial charge in [-0.15, -0.1) is 0 Å². The molecular formula is C27H35FN8O2. The van der Waals surface area contributed by atoms with E-state index in [0.29, 0.717) is 18.3 Å². The Balaban J connectivity index is 1.22. The summed E-state index contributed by atoms with van der Waals surface area (Å²) in [7, 11) is 3.84. The molecule has 11 heteroatoms. The monoisotopic (exact) mass is 522 g/mol. The molecule has 2 aliphatic heterocycles. The van der Waals surface area contributed by atoms with Crippen LogP contribution in [-0.4, -0.2) is 84.6 Å². The van der Waals surface area contributed by atoms with Crippen LogP contribution in [0.3, 0.4) is 0 Å². The van der Waals surface area contributed by atoms with Crippen molar-refractivity contribution in [3.63, 3.8) is 0 Å². The van der Waals surface area contributed by atoms with Crippen molar-refractivity contribution in [3.05, 3.63) is 35.8 Å². The Kier molecular flexibility index (Phi) is 6.43. The summed E-state index contributed by atoms with van der Waals surface area (Å²) < 4.78 is 15.1. The Morgan fingerprint density at radius 1 is 1.11 bits per heavy atom. The summed E-state index contributed by atoms with van der Waals surface area (Å²) in [5.41, 5.74) is 3.65. The van der Waals surface area contributed by atoms with Crippen molar-refractivity contribution in [2.75, 3.05) is 61.9 Å². The number of carbonyl (C=O) groups excluding carboxylic acids is 2. The summed E-state index contributed by atoms with van der Waals surface area (Å²) in [6, 6.07) is 4.69. The minimum Gasteiger partial charge on any atom is -0.351 e. The summed E-state index contributed by atoms with van der Waals surface area (Å²) in [5.74, 6) is 0.201. The molecule has 202 valence electrons. The smallest absolute Gasteiger partial charge is 0.265 e. The first-order chi connectivity index (χ1) is 18.3. The normalized spacial score (nSPS) is 21.9. The number of aromatic nitrogens is 2. The fourth-order valence-electron chi connectivity index (χ4n) is 5.85. The molecule has 1 aromatic heterocycles. The zero-order valence-electron chi connectivity index (χ0n) is 22.0. The third-order valence-corrected chi connectivity index (χ3v) is 8.47. The Labute approximate surface area is 222 Å². The van der Waals surface area contributed by atoms with E-state index in [2.05, 4.69) is 25.5 Å². The van der Waals surface area contributed by atoms with Crippen LogP contribution in [0.25, 0.3) is 0 Å². The lowest BCUT2D eigenvalue weighted by atomic mass is 10.0. The quantitative estimate of drug-likeness (QED) is 0.619. The topological polar surface area (TPSA) is 96.9 Å². The Bertz CT molecular complexity index is 1240. The highest BCUT2D eigenvalue weighted by atomic mass is 19.1. The van der Waals surface area contributed by atoms with E-state index in [1.165, 1.54) is 25.0 Å². The minimum atomic E-state index is -0.563. The van der Waals surface area contributed by atoms with Crippen molar-refractivity contribution in [1.82, 2.24) is 25.3 Å². The average molecular weight is 523 g/mol. The van der Waals surface area contributed by atoms with Crippen LogP contribution >= 0.6 is 0 Å². The van der Waals surface area contributed by atoms with Crippen molar-refractivity contribution in [1.29, 1.82) is 0 Å². The second-order valence-corrected chi connectivity index (χ2v) is 11.2. The Hall–Kier alpha value is -3.31. The van der Waals surface area contributed by atoms with Gasteiger partial charge in [-0.2, -0.15) is 4.98 Å². The molecule has 1 aromatic carbocycles. The first-order valence-electron chi connectivity index (χ1n) is 13.6. The standard InChI is InChI=1S/C27H35FN8O2/c1-33-11-13-35(14-12-33)32-24(37)18-7-8-21(20(28)15-18)30-26-29-16-22-23(31-26)36(19-5-3-4-6-19)17-27(9-10-27)25(38)34(22)2/h7-8,15-16,19H,3-6,9-14,17H2,1-2H3,(H,32,37)(H,29,30,31). The Morgan fingerprint density at radius 3 is 2.53 bits per heavy atom. The van der Waals surface area contributed by atoms with E-state index < -0.39 is 5.82 Å². The third kappa shape index (κ3) is 4.69. The number of benzene rings is 1. The van der Waals surface area contributed by atoms with Crippen molar-refractivity contribution in [2.45, 2.75) is 44.6 Å². The molecule has 1 spiro atoms. The molecule has 0 unspecified atom stereocenters. The molecule has 3 heterocycles. The Morgan fingerprint density at radius 2 is 1.84 bits per heavy atom. The van der Waals surface area contributed by atoms with Gasteiger partial charge < -0.3 is 20.0 Å². The summed E-state index contributed by atoms with van der Waals surface area (Å²) in [6.45, 7) is 3.83. The van der Waals surface area contributed by atoms with E-state index in [9.17, 15) is 9.59 Å². The van der Waals surface area contributed by atoms with Gasteiger partial charge in [-0.3, -0.25) is 15.0 Å². The maximum Gasteiger partial charge on any atom is 0.265 e. The van der Waals surface area contributed by atoms with Crippen LogP contribution in [0.4, 0.5) is 27.5 Å². The van der Waals surface area contributed by atoms with Gasteiger partial charge in [-0.25, -0.2) is 14.4 Å². The molecule has 4 aliphatic rings. The number of rotatable bonds is 5. The molecule has 10 nitrogen and oxygen atoms in total. The molecule has 1 saturated heterocycles. The number of fused-ring (bicyclic) bond motifs is 1. The van der Waals surface area contributed by atoms with Gasteiger partial charge >= 0.3 is 0 Å². The molecule has 0 bridgehead atoms. The number of piperazine rings is 1. The van der Waals surface area contributed by atoms with Crippen LogP contribution in [0.5, 0.6) is 0 Å². The SMILES string of the molecule is CN1CCN(NC(=O)c2ccc(Nc3ncc4c(n3)N(C3CCCC3)CC3(CC3)C(=O)N4C)c(F)c2)CC1. The number of nitrogens with one attached hydrogen (secondary N) is 2. The number of hydrogen-bond donors (Lipinski definition) is 2. The number of halogens is 1. The average Bonchev–Trinajstić information content (AvgIpc) is 3.52. The third-order valence-electron chi connectivity index (χ3n) is 8.47. The van der Waals surface area contributed by atoms with Crippen LogP contribution in [0.15, 0.2) is 24.4 Å². The number of anilines is 4. The van der Waals surface area contributed by atoms with Crippen LogP contribution in [0, 0.1) is 11.2 Å². The van der Waals surface area contributed by atoms with E-state index in [0.717, 1.165) is 57.7 Å². The highest BCUT2D eigenvalue weighted by Crippen LogP contribution is 2.52.